The molecule has 1 heterocycles. The van der Waals surface area contributed by atoms with Crippen molar-refractivity contribution in [1.29, 1.82) is 0 Å². The Morgan fingerprint density at radius 1 is 1.39 bits per heavy atom. The van der Waals surface area contributed by atoms with Crippen molar-refractivity contribution in [1.82, 2.24) is 9.88 Å². The van der Waals surface area contributed by atoms with Crippen LogP contribution in [-0.4, -0.2) is 41.5 Å². The number of esters is 1. The summed E-state index contributed by atoms with van der Waals surface area (Å²) in [6.07, 6.45) is 1.83. The first-order valence-corrected chi connectivity index (χ1v) is 5.80. The minimum Gasteiger partial charge on any atom is -0.468 e. The molecule has 0 radical (unpaired) electrons. The molecule has 0 unspecified atom stereocenters. The molecule has 1 amide bonds. The Bertz CT molecular complexity index is 404. The molecule has 0 aliphatic rings. The van der Waals surface area contributed by atoms with Crippen molar-refractivity contribution in [3.05, 3.63) is 30.1 Å². The van der Waals surface area contributed by atoms with Gasteiger partial charge in [0.15, 0.2) is 0 Å². The van der Waals surface area contributed by atoms with Crippen molar-refractivity contribution < 1.29 is 14.3 Å². The molecule has 98 valence electrons. The molecule has 1 aromatic heterocycles. The summed E-state index contributed by atoms with van der Waals surface area (Å²) in [6, 6.07) is 5.35. The standard InChI is InChI=1S/C13H18N2O3/c1-10(2)15(9-13(17)18-3)12(16)8-11-6-4-5-7-14-11/h4-7,10H,8-9H2,1-3H3. The molecule has 1 rings (SSSR count). The molecule has 0 saturated heterocycles. The Morgan fingerprint density at radius 3 is 2.61 bits per heavy atom. The number of amides is 1. The van der Waals surface area contributed by atoms with E-state index in [1.54, 1.807) is 18.3 Å². The van der Waals surface area contributed by atoms with Crippen molar-refractivity contribution in [3.8, 4) is 0 Å². The van der Waals surface area contributed by atoms with E-state index in [1.165, 1.54) is 12.0 Å². The van der Waals surface area contributed by atoms with Crippen molar-refractivity contribution in [2.75, 3.05) is 13.7 Å². The van der Waals surface area contributed by atoms with E-state index in [0.29, 0.717) is 5.69 Å². The van der Waals surface area contributed by atoms with Gasteiger partial charge in [-0.15, -0.1) is 0 Å². The van der Waals surface area contributed by atoms with E-state index in [1.807, 2.05) is 19.9 Å². The number of pyridine rings is 1. The first kappa shape index (κ1) is 14.2. The summed E-state index contributed by atoms with van der Waals surface area (Å²) in [6.45, 7) is 3.69. The van der Waals surface area contributed by atoms with Crippen LogP contribution in [-0.2, 0) is 20.7 Å². The first-order chi connectivity index (χ1) is 8.54. The number of hydrogen-bond acceptors (Lipinski definition) is 4. The number of hydrogen-bond donors (Lipinski definition) is 0. The summed E-state index contributed by atoms with van der Waals surface area (Å²) in [5.41, 5.74) is 0.693. The lowest BCUT2D eigenvalue weighted by Crippen LogP contribution is -2.42. The predicted molar refractivity (Wildman–Crippen MR) is 66.8 cm³/mol. The fourth-order valence-electron chi connectivity index (χ4n) is 1.52. The number of carbonyl (C=O) groups is 2. The Balaban J connectivity index is 2.68. The third-order valence-electron chi connectivity index (χ3n) is 2.53. The number of methoxy groups -OCH3 is 1. The average molecular weight is 250 g/mol. The molecule has 18 heavy (non-hydrogen) atoms. The fraction of sp³-hybridized carbons (Fsp3) is 0.462. The molecule has 0 saturated carbocycles. The van der Waals surface area contributed by atoms with Gasteiger partial charge in [0.25, 0.3) is 0 Å². The number of carbonyl (C=O) groups excluding carboxylic acids is 2. The average Bonchev–Trinajstić information content (AvgIpc) is 2.36. The monoisotopic (exact) mass is 250 g/mol. The number of nitrogens with zero attached hydrogens (tertiary/aromatic N) is 2. The molecule has 0 aromatic carbocycles. The molecule has 0 aliphatic heterocycles. The number of aromatic nitrogens is 1. The van der Waals surface area contributed by atoms with E-state index < -0.39 is 5.97 Å². The van der Waals surface area contributed by atoms with Crippen LogP contribution in [0.25, 0.3) is 0 Å². The molecular weight excluding hydrogens is 232 g/mol. The van der Waals surface area contributed by atoms with E-state index in [4.69, 9.17) is 0 Å². The zero-order valence-electron chi connectivity index (χ0n) is 10.9. The Kier molecular flexibility index (Phi) is 5.30. The van der Waals surface area contributed by atoms with Crippen LogP contribution in [0.5, 0.6) is 0 Å². The zero-order chi connectivity index (χ0) is 13.5. The van der Waals surface area contributed by atoms with Crippen LogP contribution in [0, 0.1) is 0 Å². The highest BCUT2D eigenvalue weighted by Crippen LogP contribution is 2.04. The van der Waals surface area contributed by atoms with Gasteiger partial charge in [0.1, 0.15) is 6.54 Å². The third kappa shape index (κ3) is 4.16. The van der Waals surface area contributed by atoms with Crippen molar-refractivity contribution >= 4 is 11.9 Å². The van der Waals surface area contributed by atoms with Gasteiger partial charge in [0.2, 0.25) is 5.91 Å². The maximum absolute atomic E-state index is 12.1. The third-order valence-corrected chi connectivity index (χ3v) is 2.53. The molecule has 0 bridgehead atoms. The molecule has 0 fully saturated rings. The topological polar surface area (TPSA) is 59.5 Å². The molecule has 5 heteroatoms. The Labute approximate surface area is 107 Å². The highest BCUT2D eigenvalue weighted by atomic mass is 16.5. The Hall–Kier alpha value is -1.91. The summed E-state index contributed by atoms with van der Waals surface area (Å²) in [7, 11) is 1.31. The Morgan fingerprint density at radius 2 is 2.11 bits per heavy atom. The van der Waals surface area contributed by atoms with Gasteiger partial charge in [0, 0.05) is 17.9 Å². The van der Waals surface area contributed by atoms with Crippen molar-refractivity contribution in [2.24, 2.45) is 0 Å². The molecule has 1 aromatic rings. The van der Waals surface area contributed by atoms with E-state index in [-0.39, 0.29) is 24.9 Å². The quantitative estimate of drug-likeness (QED) is 0.732. The lowest BCUT2D eigenvalue weighted by atomic mass is 10.2. The number of ether oxygens (including phenoxy) is 1. The highest BCUT2D eigenvalue weighted by Gasteiger charge is 2.20. The van der Waals surface area contributed by atoms with Crippen LogP contribution in [0.3, 0.4) is 0 Å². The maximum atomic E-state index is 12.1. The summed E-state index contributed by atoms with van der Waals surface area (Å²) < 4.78 is 4.58. The summed E-state index contributed by atoms with van der Waals surface area (Å²) in [5, 5.41) is 0. The van der Waals surface area contributed by atoms with Crippen molar-refractivity contribution in [2.45, 2.75) is 26.3 Å². The summed E-state index contributed by atoms with van der Waals surface area (Å²) in [4.78, 5) is 28.9. The lowest BCUT2D eigenvalue weighted by Gasteiger charge is -2.25. The van der Waals surface area contributed by atoms with Crippen molar-refractivity contribution in [3.63, 3.8) is 0 Å². The first-order valence-electron chi connectivity index (χ1n) is 5.80. The van der Waals surface area contributed by atoms with Crippen LogP contribution in [0.15, 0.2) is 24.4 Å². The largest absolute Gasteiger partial charge is 0.468 e. The van der Waals surface area contributed by atoms with E-state index >= 15 is 0 Å². The van der Waals surface area contributed by atoms with Gasteiger partial charge in [-0.3, -0.25) is 14.6 Å². The number of rotatable bonds is 5. The van der Waals surface area contributed by atoms with Crippen LogP contribution in [0.2, 0.25) is 0 Å². The van der Waals surface area contributed by atoms with Crippen LogP contribution >= 0.6 is 0 Å². The lowest BCUT2D eigenvalue weighted by molar-refractivity contribution is -0.148. The minimum absolute atomic E-state index is 0.0279. The van der Waals surface area contributed by atoms with Gasteiger partial charge in [-0.25, -0.2) is 0 Å². The van der Waals surface area contributed by atoms with Gasteiger partial charge < -0.3 is 9.64 Å². The van der Waals surface area contributed by atoms with Gasteiger partial charge in [-0.1, -0.05) is 6.07 Å². The molecule has 0 aliphatic carbocycles. The van der Waals surface area contributed by atoms with Gasteiger partial charge in [-0.2, -0.15) is 0 Å². The molecule has 0 spiro atoms. The van der Waals surface area contributed by atoms with Gasteiger partial charge in [-0.05, 0) is 26.0 Å². The summed E-state index contributed by atoms with van der Waals surface area (Å²) in [5.74, 6) is -0.549. The second-order valence-corrected chi connectivity index (χ2v) is 4.19. The second-order valence-electron chi connectivity index (χ2n) is 4.19. The molecular formula is C13H18N2O3. The smallest absolute Gasteiger partial charge is 0.325 e. The van der Waals surface area contributed by atoms with Gasteiger partial charge in [0.05, 0.1) is 13.5 Å². The zero-order valence-corrected chi connectivity index (χ0v) is 10.9. The van der Waals surface area contributed by atoms with Crippen LogP contribution in [0.1, 0.15) is 19.5 Å². The second kappa shape index (κ2) is 6.74. The molecule has 0 N–H and O–H groups in total. The summed E-state index contributed by atoms with van der Waals surface area (Å²) >= 11 is 0. The SMILES string of the molecule is COC(=O)CN(C(=O)Cc1ccccn1)C(C)C. The van der Waals surface area contributed by atoms with Crippen LogP contribution in [0.4, 0.5) is 0 Å². The van der Waals surface area contributed by atoms with E-state index in [0.717, 1.165) is 0 Å². The normalized spacial score (nSPS) is 10.2. The maximum Gasteiger partial charge on any atom is 0.325 e. The highest BCUT2D eigenvalue weighted by molar-refractivity contribution is 5.83. The van der Waals surface area contributed by atoms with E-state index in [2.05, 4.69) is 9.72 Å². The van der Waals surface area contributed by atoms with E-state index in [9.17, 15) is 9.59 Å². The minimum atomic E-state index is -0.418. The fourth-order valence-corrected chi connectivity index (χ4v) is 1.52. The predicted octanol–water partition coefficient (Wildman–Crippen LogP) is 1.03. The van der Waals surface area contributed by atoms with Crippen LogP contribution < -0.4 is 0 Å². The molecule has 5 nitrogen and oxygen atoms in total. The molecule has 0 atom stereocenters. The van der Waals surface area contributed by atoms with Gasteiger partial charge >= 0.3 is 5.97 Å².